The van der Waals surface area contributed by atoms with Crippen molar-refractivity contribution in [2.24, 2.45) is 5.41 Å². The summed E-state index contributed by atoms with van der Waals surface area (Å²) in [6.07, 6.45) is 3.86. The molecule has 1 atom stereocenters. The molecular weight excluding hydrogens is 138 g/mol. The molecule has 1 aliphatic heterocycles. The van der Waals surface area contributed by atoms with Crippen molar-refractivity contribution in [2.75, 3.05) is 0 Å². The number of hydrogen-bond acceptors (Lipinski definition) is 1. The molecule has 0 aromatic heterocycles. The topological polar surface area (TPSA) is 20.3 Å². The Morgan fingerprint density at radius 3 is 2.09 bits per heavy atom. The molecule has 0 spiro atoms. The van der Waals surface area contributed by atoms with E-state index >= 15 is 0 Å². The average Bonchev–Trinajstić information content (AvgIpc) is 1.83. The molecular formula is C9H15NO. The van der Waals surface area contributed by atoms with Gasteiger partial charge in [0.2, 0.25) is 5.91 Å². The lowest BCUT2D eigenvalue weighted by atomic mass is 9.93. The van der Waals surface area contributed by atoms with E-state index in [0.717, 1.165) is 0 Å². The maximum Gasteiger partial charge on any atom is 0.232 e. The zero-order chi connectivity index (χ0) is 8.65. The van der Waals surface area contributed by atoms with E-state index in [1.807, 2.05) is 40.0 Å². The molecule has 11 heavy (non-hydrogen) atoms. The van der Waals surface area contributed by atoms with Gasteiger partial charge in [-0.25, -0.2) is 0 Å². The molecule has 0 saturated carbocycles. The average molecular weight is 153 g/mol. The maximum absolute atomic E-state index is 11.5. The van der Waals surface area contributed by atoms with Crippen LogP contribution < -0.4 is 0 Å². The summed E-state index contributed by atoms with van der Waals surface area (Å²) < 4.78 is 0. The number of hydrogen-bond donors (Lipinski definition) is 0. The Morgan fingerprint density at radius 2 is 2.00 bits per heavy atom. The molecule has 0 radical (unpaired) electrons. The maximum atomic E-state index is 11.5. The largest absolute Gasteiger partial charge is 0.312 e. The van der Waals surface area contributed by atoms with Gasteiger partial charge in [-0.2, -0.15) is 0 Å². The first kappa shape index (κ1) is 8.31. The molecule has 1 amide bonds. The minimum Gasteiger partial charge on any atom is -0.312 e. The first-order valence-corrected chi connectivity index (χ1v) is 3.94. The van der Waals surface area contributed by atoms with Gasteiger partial charge in [0.1, 0.15) is 0 Å². The Labute approximate surface area is 67.9 Å². The van der Waals surface area contributed by atoms with Gasteiger partial charge in [0.25, 0.3) is 0 Å². The summed E-state index contributed by atoms with van der Waals surface area (Å²) in [5.74, 6) is 0.201. The van der Waals surface area contributed by atoms with Gasteiger partial charge in [-0.3, -0.25) is 4.79 Å². The molecule has 0 saturated heterocycles. The predicted molar refractivity (Wildman–Crippen MR) is 44.9 cm³/mol. The highest BCUT2D eigenvalue weighted by atomic mass is 16.2. The summed E-state index contributed by atoms with van der Waals surface area (Å²) in [5.41, 5.74) is -0.251. The number of nitrogens with zero attached hydrogens (tertiary/aromatic N) is 1. The lowest BCUT2D eigenvalue weighted by Gasteiger charge is -2.35. The van der Waals surface area contributed by atoms with Gasteiger partial charge < -0.3 is 4.90 Å². The quantitative estimate of drug-likeness (QED) is 0.519. The molecule has 62 valence electrons. The van der Waals surface area contributed by atoms with Crippen molar-refractivity contribution in [3.8, 4) is 0 Å². The summed E-state index contributed by atoms with van der Waals surface area (Å²) in [6, 6.07) is 0.293. The van der Waals surface area contributed by atoms with Crippen LogP contribution in [0.3, 0.4) is 0 Å². The third-order valence-electron chi connectivity index (χ3n) is 1.84. The first-order valence-electron chi connectivity index (χ1n) is 3.94. The number of carbonyl (C=O) groups excluding carboxylic acids is 1. The Hall–Kier alpha value is -0.790. The Bertz CT molecular complexity index is 200. The standard InChI is InChI=1S/C9H15NO/c1-7-5-6-10(7)8(11)9(2,3)4/h5-7H,1-4H3. The highest BCUT2D eigenvalue weighted by molar-refractivity contribution is 5.83. The lowest BCUT2D eigenvalue weighted by Crippen LogP contribution is -2.44. The molecule has 2 heteroatoms. The molecule has 0 N–H and O–H groups in total. The van der Waals surface area contributed by atoms with Crippen LogP contribution in [0.25, 0.3) is 0 Å². The molecule has 0 aromatic rings. The predicted octanol–water partition coefficient (Wildman–Crippen LogP) is 1.78. The van der Waals surface area contributed by atoms with E-state index in [-0.39, 0.29) is 11.3 Å². The van der Waals surface area contributed by atoms with Gasteiger partial charge in [0.15, 0.2) is 0 Å². The van der Waals surface area contributed by atoms with Crippen LogP contribution in [0, 0.1) is 5.41 Å². The van der Waals surface area contributed by atoms with Crippen LogP contribution in [0.4, 0.5) is 0 Å². The van der Waals surface area contributed by atoms with Crippen LogP contribution >= 0.6 is 0 Å². The minimum absolute atomic E-state index is 0.201. The summed E-state index contributed by atoms with van der Waals surface area (Å²) in [5, 5.41) is 0. The zero-order valence-corrected chi connectivity index (χ0v) is 7.59. The Balaban J connectivity index is 2.64. The molecule has 1 unspecified atom stereocenters. The third-order valence-corrected chi connectivity index (χ3v) is 1.84. The fourth-order valence-electron chi connectivity index (χ4n) is 0.984. The molecule has 0 aromatic carbocycles. The highest BCUT2D eigenvalue weighted by Crippen LogP contribution is 2.23. The summed E-state index contributed by atoms with van der Waals surface area (Å²) in [6.45, 7) is 7.83. The molecule has 0 fully saturated rings. The van der Waals surface area contributed by atoms with Gasteiger partial charge in [0.05, 0.1) is 6.04 Å². The number of carbonyl (C=O) groups is 1. The van der Waals surface area contributed by atoms with Crippen molar-refractivity contribution < 1.29 is 4.79 Å². The van der Waals surface area contributed by atoms with Crippen molar-refractivity contribution in [1.29, 1.82) is 0 Å². The smallest absolute Gasteiger partial charge is 0.232 e. The highest BCUT2D eigenvalue weighted by Gasteiger charge is 2.31. The fraction of sp³-hybridized carbons (Fsp3) is 0.667. The second-order valence-corrected chi connectivity index (χ2v) is 4.04. The Kier molecular flexibility index (Phi) is 1.78. The lowest BCUT2D eigenvalue weighted by molar-refractivity contribution is -0.138. The second kappa shape index (κ2) is 2.36. The van der Waals surface area contributed by atoms with Crippen LogP contribution in [0.15, 0.2) is 12.3 Å². The van der Waals surface area contributed by atoms with Gasteiger partial charge in [-0.1, -0.05) is 20.8 Å². The summed E-state index contributed by atoms with van der Waals surface area (Å²) >= 11 is 0. The molecule has 1 heterocycles. The molecule has 2 nitrogen and oxygen atoms in total. The fourth-order valence-corrected chi connectivity index (χ4v) is 0.984. The van der Waals surface area contributed by atoms with E-state index in [0.29, 0.717) is 6.04 Å². The van der Waals surface area contributed by atoms with E-state index in [1.54, 1.807) is 4.90 Å². The number of amides is 1. The summed E-state index contributed by atoms with van der Waals surface area (Å²) in [7, 11) is 0. The van der Waals surface area contributed by atoms with Crippen LogP contribution in [-0.2, 0) is 4.79 Å². The zero-order valence-electron chi connectivity index (χ0n) is 7.59. The molecule has 1 aliphatic rings. The molecule has 0 aliphatic carbocycles. The van der Waals surface area contributed by atoms with Crippen LogP contribution in [0.2, 0.25) is 0 Å². The van der Waals surface area contributed by atoms with Crippen LogP contribution in [-0.4, -0.2) is 16.8 Å². The van der Waals surface area contributed by atoms with Crippen molar-refractivity contribution in [1.82, 2.24) is 4.90 Å². The van der Waals surface area contributed by atoms with Crippen molar-refractivity contribution in [3.05, 3.63) is 12.3 Å². The minimum atomic E-state index is -0.251. The van der Waals surface area contributed by atoms with E-state index in [1.165, 1.54) is 0 Å². The third kappa shape index (κ3) is 1.44. The van der Waals surface area contributed by atoms with Crippen molar-refractivity contribution in [2.45, 2.75) is 33.7 Å². The van der Waals surface area contributed by atoms with E-state index in [4.69, 9.17) is 0 Å². The van der Waals surface area contributed by atoms with Crippen LogP contribution in [0.5, 0.6) is 0 Å². The van der Waals surface area contributed by atoms with Crippen molar-refractivity contribution >= 4 is 5.91 Å². The SMILES string of the molecule is CC1C=CN1C(=O)C(C)(C)C. The summed E-state index contributed by atoms with van der Waals surface area (Å²) in [4.78, 5) is 13.3. The van der Waals surface area contributed by atoms with E-state index in [2.05, 4.69) is 0 Å². The number of rotatable bonds is 0. The van der Waals surface area contributed by atoms with E-state index in [9.17, 15) is 4.79 Å². The molecule has 1 rings (SSSR count). The molecule has 0 bridgehead atoms. The van der Waals surface area contributed by atoms with Gasteiger partial charge in [0, 0.05) is 11.6 Å². The van der Waals surface area contributed by atoms with Crippen LogP contribution in [0.1, 0.15) is 27.7 Å². The normalized spacial score (nSPS) is 23.3. The monoisotopic (exact) mass is 153 g/mol. The van der Waals surface area contributed by atoms with Gasteiger partial charge in [-0.05, 0) is 13.0 Å². The Morgan fingerprint density at radius 1 is 1.45 bits per heavy atom. The van der Waals surface area contributed by atoms with Crippen molar-refractivity contribution in [3.63, 3.8) is 0 Å². The first-order chi connectivity index (χ1) is 4.93. The van der Waals surface area contributed by atoms with E-state index < -0.39 is 0 Å². The van der Waals surface area contributed by atoms with Gasteiger partial charge in [-0.15, -0.1) is 0 Å². The second-order valence-electron chi connectivity index (χ2n) is 4.04. The van der Waals surface area contributed by atoms with Gasteiger partial charge >= 0.3 is 0 Å².